The SMILES string of the molecule is COc1cccc(-c2nc(CSc3nnnn3C(C)C)cs2)c1OC. The van der Waals surface area contributed by atoms with Gasteiger partial charge in [0.25, 0.3) is 0 Å². The summed E-state index contributed by atoms with van der Waals surface area (Å²) in [4.78, 5) is 4.72. The molecule has 1 aromatic carbocycles. The second-order valence-corrected chi connectivity index (χ2v) is 7.27. The van der Waals surface area contributed by atoms with Crippen LogP contribution in [0.4, 0.5) is 0 Å². The van der Waals surface area contributed by atoms with Crippen molar-refractivity contribution in [1.29, 1.82) is 0 Å². The highest BCUT2D eigenvalue weighted by atomic mass is 32.2. The van der Waals surface area contributed by atoms with E-state index in [2.05, 4.69) is 29.4 Å². The smallest absolute Gasteiger partial charge is 0.209 e. The van der Waals surface area contributed by atoms with Crippen LogP contribution in [-0.2, 0) is 5.75 Å². The van der Waals surface area contributed by atoms with Crippen molar-refractivity contribution in [2.24, 2.45) is 0 Å². The molecule has 0 amide bonds. The number of methoxy groups -OCH3 is 2. The maximum atomic E-state index is 5.50. The van der Waals surface area contributed by atoms with Crippen molar-refractivity contribution < 1.29 is 9.47 Å². The van der Waals surface area contributed by atoms with Gasteiger partial charge in [-0.25, -0.2) is 9.67 Å². The predicted octanol–water partition coefficient (Wildman–Crippen LogP) is 3.69. The number of nitrogens with zero attached hydrogens (tertiary/aromatic N) is 5. The van der Waals surface area contributed by atoms with E-state index in [0.717, 1.165) is 21.4 Å². The number of para-hydroxylation sites is 1. The first-order valence-electron chi connectivity index (χ1n) is 7.70. The van der Waals surface area contributed by atoms with Gasteiger partial charge >= 0.3 is 0 Å². The third-order valence-electron chi connectivity index (χ3n) is 3.49. The fourth-order valence-electron chi connectivity index (χ4n) is 2.30. The molecule has 0 spiro atoms. The average molecular weight is 377 g/mol. The summed E-state index contributed by atoms with van der Waals surface area (Å²) >= 11 is 3.16. The predicted molar refractivity (Wildman–Crippen MR) is 98.4 cm³/mol. The summed E-state index contributed by atoms with van der Waals surface area (Å²) < 4.78 is 12.7. The van der Waals surface area contributed by atoms with Gasteiger partial charge in [0, 0.05) is 11.1 Å². The minimum atomic E-state index is 0.226. The normalized spacial score (nSPS) is 11.1. The van der Waals surface area contributed by atoms with E-state index in [1.165, 1.54) is 0 Å². The van der Waals surface area contributed by atoms with Gasteiger partial charge in [0.1, 0.15) is 5.01 Å². The lowest BCUT2D eigenvalue weighted by molar-refractivity contribution is 0.356. The molecule has 2 aromatic heterocycles. The third-order valence-corrected chi connectivity index (χ3v) is 5.38. The zero-order valence-electron chi connectivity index (χ0n) is 14.5. The Morgan fingerprint density at radius 2 is 2.08 bits per heavy atom. The van der Waals surface area contributed by atoms with Crippen molar-refractivity contribution in [1.82, 2.24) is 25.2 Å². The number of rotatable bonds is 7. The highest BCUT2D eigenvalue weighted by molar-refractivity contribution is 7.98. The maximum Gasteiger partial charge on any atom is 0.209 e. The number of hydrogen-bond donors (Lipinski definition) is 0. The van der Waals surface area contributed by atoms with E-state index in [1.54, 1.807) is 37.3 Å². The summed E-state index contributed by atoms with van der Waals surface area (Å²) in [7, 11) is 3.27. The van der Waals surface area contributed by atoms with Crippen molar-refractivity contribution in [2.75, 3.05) is 14.2 Å². The van der Waals surface area contributed by atoms with Crippen LogP contribution in [0.2, 0.25) is 0 Å². The van der Waals surface area contributed by atoms with E-state index in [1.807, 2.05) is 28.3 Å². The molecule has 0 aliphatic rings. The minimum absolute atomic E-state index is 0.226. The highest BCUT2D eigenvalue weighted by Crippen LogP contribution is 2.39. The first-order chi connectivity index (χ1) is 12.1. The summed E-state index contributed by atoms with van der Waals surface area (Å²) in [5.41, 5.74) is 1.91. The topological polar surface area (TPSA) is 75.0 Å². The average Bonchev–Trinajstić information content (AvgIpc) is 3.28. The summed E-state index contributed by atoms with van der Waals surface area (Å²) in [6, 6.07) is 6.02. The third kappa shape index (κ3) is 3.77. The highest BCUT2D eigenvalue weighted by Gasteiger charge is 2.15. The zero-order chi connectivity index (χ0) is 17.8. The molecule has 0 N–H and O–H groups in total. The Hall–Kier alpha value is -2.13. The van der Waals surface area contributed by atoms with Gasteiger partial charge in [-0.15, -0.1) is 16.4 Å². The fourth-order valence-corrected chi connectivity index (χ4v) is 4.14. The number of hydrogen-bond acceptors (Lipinski definition) is 8. The number of tetrazole rings is 1. The van der Waals surface area contributed by atoms with Gasteiger partial charge in [-0.2, -0.15) is 0 Å². The first kappa shape index (κ1) is 17.7. The van der Waals surface area contributed by atoms with E-state index in [-0.39, 0.29) is 6.04 Å². The van der Waals surface area contributed by atoms with Gasteiger partial charge in [0.15, 0.2) is 11.5 Å². The van der Waals surface area contributed by atoms with Crippen molar-refractivity contribution in [2.45, 2.75) is 30.8 Å². The molecule has 0 aliphatic heterocycles. The summed E-state index contributed by atoms with van der Waals surface area (Å²) in [6.45, 7) is 4.10. The molecule has 9 heteroatoms. The summed E-state index contributed by atoms with van der Waals surface area (Å²) in [6.07, 6.45) is 0. The molecule has 0 bridgehead atoms. The lowest BCUT2D eigenvalue weighted by Crippen LogP contribution is -2.04. The molecule has 0 saturated carbocycles. The van der Waals surface area contributed by atoms with E-state index in [0.29, 0.717) is 17.3 Å². The van der Waals surface area contributed by atoms with Gasteiger partial charge < -0.3 is 9.47 Å². The van der Waals surface area contributed by atoms with Crippen LogP contribution < -0.4 is 9.47 Å². The lowest BCUT2D eigenvalue weighted by atomic mass is 10.2. The monoisotopic (exact) mass is 377 g/mol. The second-order valence-electron chi connectivity index (χ2n) is 5.47. The number of benzene rings is 1. The number of aromatic nitrogens is 5. The fraction of sp³-hybridized carbons (Fsp3) is 0.375. The van der Waals surface area contributed by atoms with Crippen molar-refractivity contribution in [3.05, 3.63) is 29.3 Å². The Kier molecular flexibility index (Phi) is 5.54. The first-order valence-corrected chi connectivity index (χ1v) is 9.57. The maximum absolute atomic E-state index is 5.50. The Balaban J connectivity index is 1.78. The molecule has 0 atom stereocenters. The van der Waals surface area contributed by atoms with Crippen LogP contribution in [0.15, 0.2) is 28.7 Å². The van der Waals surface area contributed by atoms with Crippen LogP contribution in [0, 0.1) is 0 Å². The van der Waals surface area contributed by atoms with E-state index < -0.39 is 0 Å². The minimum Gasteiger partial charge on any atom is -0.493 e. The van der Waals surface area contributed by atoms with Gasteiger partial charge in [0.05, 0.1) is 31.5 Å². The molecule has 3 aromatic rings. The molecule has 0 unspecified atom stereocenters. The Bertz CT molecular complexity index is 847. The molecule has 25 heavy (non-hydrogen) atoms. The molecule has 0 radical (unpaired) electrons. The van der Waals surface area contributed by atoms with Crippen LogP contribution >= 0.6 is 23.1 Å². The van der Waals surface area contributed by atoms with E-state index >= 15 is 0 Å². The lowest BCUT2D eigenvalue weighted by Gasteiger charge is -2.10. The molecular formula is C16H19N5O2S2. The van der Waals surface area contributed by atoms with Gasteiger partial charge in [-0.3, -0.25) is 0 Å². The molecule has 0 fully saturated rings. The summed E-state index contributed by atoms with van der Waals surface area (Å²) in [5, 5.41) is 15.6. The number of ether oxygens (including phenoxy) is 2. The molecule has 2 heterocycles. The van der Waals surface area contributed by atoms with Crippen LogP contribution in [0.1, 0.15) is 25.6 Å². The van der Waals surface area contributed by atoms with Gasteiger partial charge in [0.2, 0.25) is 5.16 Å². The van der Waals surface area contributed by atoms with Crippen LogP contribution in [0.5, 0.6) is 11.5 Å². The largest absolute Gasteiger partial charge is 0.493 e. The number of thiazole rings is 1. The van der Waals surface area contributed by atoms with Gasteiger partial charge in [-0.1, -0.05) is 17.8 Å². The zero-order valence-corrected chi connectivity index (χ0v) is 16.1. The Labute approximate surface area is 154 Å². The van der Waals surface area contributed by atoms with E-state index in [4.69, 9.17) is 14.5 Å². The number of thioether (sulfide) groups is 1. The molecule has 0 saturated heterocycles. The molecule has 0 aliphatic carbocycles. The van der Waals surface area contributed by atoms with Crippen LogP contribution in [0.25, 0.3) is 10.6 Å². The van der Waals surface area contributed by atoms with E-state index in [9.17, 15) is 0 Å². The van der Waals surface area contributed by atoms with Crippen molar-refractivity contribution >= 4 is 23.1 Å². The van der Waals surface area contributed by atoms with Crippen molar-refractivity contribution in [3.8, 4) is 22.1 Å². The molecule has 7 nitrogen and oxygen atoms in total. The molecular weight excluding hydrogens is 358 g/mol. The van der Waals surface area contributed by atoms with Crippen molar-refractivity contribution in [3.63, 3.8) is 0 Å². The van der Waals surface area contributed by atoms with Crippen LogP contribution in [-0.4, -0.2) is 39.4 Å². The Morgan fingerprint density at radius 3 is 2.80 bits per heavy atom. The second kappa shape index (κ2) is 7.83. The van der Waals surface area contributed by atoms with Gasteiger partial charge in [-0.05, 0) is 36.4 Å². The molecule has 132 valence electrons. The Morgan fingerprint density at radius 1 is 1.24 bits per heavy atom. The molecule has 3 rings (SSSR count). The van der Waals surface area contributed by atoms with Crippen LogP contribution in [0.3, 0.4) is 0 Å². The quantitative estimate of drug-likeness (QED) is 0.581. The standard InChI is InChI=1S/C16H19N5O2S2/c1-10(2)21-16(18-19-20-21)25-9-11-8-24-15(17-11)12-6-5-7-13(22-3)14(12)23-4/h5-8,10H,9H2,1-4H3. The summed E-state index contributed by atoms with van der Waals surface area (Å²) in [5.74, 6) is 2.10.